The minimum Gasteiger partial charge on any atom is -0.364 e. The predicted molar refractivity (Wildman–Crippen MR) is 61.5 cm³/mol. The van der Waals surface area contributed by atoms with E-state index in [1.54, 1.807) is 0 Å². The van der Waals surface area contributed by atoms with Crippen LogP contribution in [0, 0.1) is 0 Å². The van der Waals surface area contributed by atoms with Crippen molar-refractivity contribution in [2.24, 2.45) is 0 Å². The van der Waals surface area contributed by atoms with E-state index in [2.05, 4.69) is 34.2 Å². The number of hydrogen-bond acceptors (Lipinski definition) is 1. The molecule has 1 aliphatic heterocycles. The third kappa shape index (κ3) is 3.81. The zero-order valence-corrected chi connectivity index (χ0v) is 9.60. The molecule has 0 spiro atoms. The zero-order chi connectivity index (χ0) is 9.52. The maximum absolute atomic E-state index is 3.55. The predicted octanol–water partition coefficient (Wildman–Crippen LogP) is 3.85. The van der Waals surface area contributed by atoms with Crippen molar-refractivity contribution >= 4 is 15.9 Å². The summed E-state index contributed by atoms with van der Waals surface area (Å²) in [7, 11) is 0. The molecule has 0 amide bonds. The van der Waals surface area contributed by atoms with Crippen LogP contribution in [0.3, 0.4) is 0 Å². The van der Waals surface area contributed by atoms with E-state index >= 15 is 0 Å². The Kier molecular flexibility index (Phi) is 4.91. The number of unbranched alkanes of at least 4 members (excludes halogenated alkanes) is 2. The van der Waals surface area contributed by atoms with Crippen LogP contribution in [0.15, 0.2) is 34.6 Å². The van der Waals surface area contributed by atoms with Crippen LogP contribution in [0.5, 0.6) is 0 Å². The third-order valence-corrected chi connectivity index (χ3v) is 2.77. The summed E-state index contributed by atoms with van der Waals surface area (Å²) in [6, 6.07) is 0. The van der Waals surface area contributed by atoms with E-state index < -0.39 is 0 Å². The quantitative estimate of drug-likeness (QED) is 0.738. The molecule has 1 aliphatic rings. The van der Waals surface area contributed by atoms with E-state index in [0.29, 0.717) is 0 Å². The summed E-state index contributed by atoms with van der Waals surface area (Å²) in [5, 5.41) is 3.28. The first-order valence-electron chi connectivity index (χ1n) is 4.83. The van der Waals surface area contributed by atoms with Gasteiger partial charge in [0.15, 0.2) is 0 Å². The van der Waals surface area contributed by atoms with Gasteiger partial charge in [-0.05, 0) is 40.9 Å². The summed E-state index contributed by atoms with van der Waals surface area (Å²) in [4.78, 5) is 0. The lowest BCUT2D eigenvalue weighted by atomic mass is 10.1. The maximum Gasteiger partial charge on any atom is 0.0367 e. The van der Waals surface area contributed by atoms with Crippen molar-refractivity contribution in [1.29, 1.82) is 0 Å². The van der Waals surface area contributed by atoms with Gasteiger partial charge in [0.05, 0.1) is 0 Å². The monoisotopic (exact) mass is 241 g/mol. The smallest absolute Gasteiger partial charge is 0.0367 e. The summed E-state index contributed by atoms with van der Waals surface area (Å²) in [6.07, 6.45) is 13.1. The SMILES string of the molecule is CCCCCC1=C(Br)C=CC=CN1. The standard InChI is InChI=1S/C11H16BrN/c1-2-3-4-8-11-10(12)7-5-6-9-13-11/h5-7,9,13H,2-4,8H2,1H3. The van der Waals surface area contributed by atoms with Gasteiger partial charge < -0.3 is 5.32 Å². The molecular weight excluding hydrogens is 226 g/mol. The summed E-state index contributed by atoms with van der Waals surface area (Å²) < 4.78 is 1.17. The van der Waals surface area contributed by atoms with Crippen LogP contribution in [-0.2, 0) is 0 Å². The second kappa shape index (κ2) is 6.03. The normalized spacial score (nSPS) is 15.8. The molecule has 0 aromatic carbocycles. The highest BCUT2D eigenvalue weighted by Crippen LogP contribution is 2.18. The highest BCUT2D eigenvalue weighted by atomic mass is 79.9. The number of nitrogens with one attached hydrogen (secondary N) is 1. The van der Waals surface area contributed by atoms with Crippen LogP contribution in [0.1, 0.15) is 32.6 Å². The van der Waals surface area contributed by atoms with Gasteiger partial charge in [0, 0.05) is 16.4 Å². The zero-order valence-electron chi connectivity index (χ0n) is 8.02. The first kappa shape index (κ1) is 10.6. The molecule has 0 aliphatic carbocycles. The van der Waals surface area contributed by atoms with Crippen molar-refractivity contribution in [2.45, 2.75) is 32.6 Å². The van der Waals surface area contributed by atoms with Crippen molar-refractivity contribution in [1.82, 2.24) is 5.32 Å². The van der Waals surface area contributed by atoms with Crippen molar-refractivity contribution < 1.29 is 0 Å². The van der Waals surface area contributed by atoms with Gasteiger partial charge in [0.1, 0.15) is 0 Å². The third-order valence-electron chi connectivity index (χ3n) is 2.03. The largest absolute Gasteiger partial charge is 0.364 e. The van der Waals surface area contributed by atoms with Gasteiger partial charge in [-0.1, -0.05) is 25.8 Å². The highest BCUT2D eigenvalue weighted by Gasteiger charge is 2.01. The second-order valence-corrected chi connectivity index (χ2v) is 4.00. The van der Waals surface area contributed by atoms with Crippen LogP contribution in [0.2, 0.25) is 0 Å². The molecule has 1 N–H and O–H groups in total. The van der Waals surface area contributed by atoms with Crippen molar-refractivity contribution in [2.75, 3.05) is 0 Å². The summed E-state index contributed by atoms with van der Waals surface area (Å²) >= 11 is 3.55. The lowest BCUT2D eigenvalue weighted by Crippen LogP contribution is -2.05. The molecule has 72 valence electrons. The van der Waals surface area contributed by atoms with Gasteiger partial charge in [-0.3, -0.25) is 0 Å². The minimum atomic E-state index is 1.13. The Balaban J connectivity index is 2.46. The summed E-state index contributed by atoms with van der Waals surface area (Å²) in [6.45, 7) is 2.23. The molecule has 0 atom stereocenters. The molecule has 0 fully saturated rings. The van der Waals surface area contributed by atoms with E-state index in [1.165, 1.54) is 29.4 Å². The summed E-state index contributed by atoms with van der Waals surface area (Å²) in [5.41, 5.74) is 1.29. The fourth-order valence-corrected chi connectivity index (χ4v) is 1.72. The fraction of sp³-hybridized carbons (Fsp3) is 0.455. The Hall–Kier alpha value is -0.500. The fourth-order valence-electron chi connectivity index (χ4n) is 1.26. The van der Waals surface area contributed by atoms with E-state index in [-0.39, 0.29) is 0 Å². The first-order valence-corrected chi connectivity index (χ1v) is 5.62. The molecule has 0 bridgehead atoms. The second-order valence-electron chi connectivity index (χ2n) is 3.15. The Morgan fingerprint density at radius 3 is 2.92 bits per heavy atom. The molecule has 2 heteroatoms. The Morgan fingerprint density at radius 1 is 1.31 bits per heavy atom. The van der Waals surface area contributed by atoms with Gasteiger partial charge in [0.25, 0.3) is 0 Å². The van der Waals surface area contributed by atoms with Crippen LogP contribution in [0.25, 0.3) is 0 Å². The summed E-state index contributed by atoms with van der Waals surface area (Å²) in [5.74, 6) is 0. The Bertz CT molecular complexity index is 238. The molecule has 1 rings (SSSR count). The Labute approximate surface area is 88.7 Å². The van der Waals surface area contributed by atoms with Gasteiger partial charge in [0.2, 0.25) is 0 Å². The average molecular weight is 242 g/mol. The van der Waals surface area contributed by atoms with Gasteiger partial charge in [-0.2, -0.15) is 0 Å². The van der Waals surface area contributed by atoms with Crippen molar-refractivity contribution in [3.63, 3.8) is 0 Å². The topological polar surface area (TPSA) is 12.0 Å². The van der Waals surface area contributed by atoms with Crippen molar-refractivity contribution in [3.05, 3.63) is 34.6 Å². The minimum absolute atomic E-state index is 1.13. The van der Waals surface area contributed by atoms with Gasteiger partial charge >= 0.3 is 0 Å². The molecule has 0 radical (unpaired) electrons. The molecule has 13 heavy (non-hydrogen) atoms. The lowest BCUT2D eigenvalue weighted by molar-refractivity contribution is 0.695. The Morgan fingerprint density at radius 2 is 2.15 bits per heavy atom. The maximum atomic E-state index is 3.55. The molecule has 0 aromatic heterocycles. The molecule has 0 aromatic rings. The van der Waals surface area contributed by atoms with Gasteiger partial charge in [-0.25, -0.2) is 0 Å². The number of halogens is 1. The average Bonchev–Trinajstić information content (AvgIpc) is 2.32. The molecule has 0 unspecified atom stereocenters. The van der Waals surface area contributed by atoms with Crippen LogP contribution >= 0.6 is 15.9 Å². The molecule has 1 nitrogen and oxygen atoms in total. The number of rotatable bonds is 4. The first-order chi connectivity index (χ1) is 6.34. The molecule has 0 saturated carbocycles. The highest BCUT2D eigenvalue weighted by molar-refractivity contribution is 9.11. The van der Waals surface area contributed by atoms with Crippen LogP contribution in [-0.4, -0.2) is 0 Å². The lowest BCUT2D eigenvalue weighted by Gasteiger charge is -2.07. The molecular formula is C11H16BrN. The van der Waals surface area contributed by atoms with E-state index in [1.807, 2.05) is 18.4 Å². The van der Waals surface area contributed by atoms with E-state index in [0.717, 1.165) is 6.42 Å². The van der Waals surface area contributed by atoms with E-state index in [9.17, 15) is 0 Å². The van der Waals surface area contributed by atoms with Gasteiger partial charge in [-0.15, -0.1) is 0 Å². The van der Waals surface area contributed by atoms with Crippen LogP contribution < -0.4 is 5.32 Å². The molecule has 1 heterocycles. The number of hydrogen-bond donors (Lipinski definition) is 1. The van der Waals surface area contributed by atoms with E-state index in [4.69, 9.17) is 0 Å². The molecule has 0 saturated heterocycles. The number of allylic oxidation sites excluding steroid dienone is 5. The van der Waals surface area contributed by atoms with Crippen LogP contribution in [0.4, 0.5) is 0 Å². The van der Waals surface area contributed by atoms with Crippen molar-refractivity contribution in [3.8, 4) is 0 Å².